The van der Waals surface area contributed by atoms with E-state index in [1.54, 1.807) is 0 Å². The number of hydrogen-bond acceptors (Lipinski definition) is 2. The lowest BCUT2D eigenvalue weighted by atomic mass is 9.98. The third kappa shape index (κ3) is 6.41. The van der Waals surface area contributed by atoms with Gasteiger partial charge in [0.2, 0.25) is 0 Å². The van der Waals surface area contributed by atoms with Crippen LogP contribution < -0.4 is 9.80 Å². The van der Waals surface area contributed by atoms with Gasteiger partial charge in [-0.15, -0.1) is 0 Å². The van der Waals surface area contributed by atoms with Crippen LogP contribution in [0.15, 0.2) is 231 Å². The standard InChI is InChI=1S/C58H40N2/c1-3-17-47(18-4-1)59(57-39-45-15-7-9-21-51(45)53-23-11-13-25-55(53)57)49-34-30-41(31-35-49)27-28-42-29-32-44-38-50(36-33-43(44)37-42)60(48-19-5-2-6-20-48)58-40-46-16-8-10-22-52(46)54-24-12-14-26-56(54)58/h1-40H. The molecule has 0 aliphatic carbocycles. The highest BCUT2D eigenvalue weighted by atomic mass is 15.1. The fourth-order valence-electron chi connectivity index (χ4n) is 8.87. The molecule has 0 spiro atoms. The van der Waals surface area contributed by atoms with Gasteiger partial charge in [-0.3, -0.25) is 0 Å². The van der Waals surface area contributed by atoms with E-state index in [4.69, 9.17) is 0 Å². The van der Waals surface area contributed by atoms with Crippen LogP contribution in [0, 0.1) is 0 Å². The summed E-state index contributed by atoms with van der Waals surface area (Å²) in [7, 11) is 0. The molecule has 0 amide bonds. The predicted molar refractivity (Wildman–Crippen MR) is 259 cm³/mol. The van der Waals surface area contributed by atoms with Crippen LogP contribution in [0.1, 0.15) is 11.1 Å². The molecule has 0 unspecified atom stereocenters. The van der Waals surface area contributed by atoms with Crippen molar-refractivity contribution in [2.45, 2.75) is 0 Å². The van der Waals surface area contributed by atoms with Crippen molar-refractivity contribution in [3.05, 3.63) is 242 Å². The van der Waals surface area contributed by atoms with E-state index in [9.17, 15) is 0 Å². The van der Waals surface area contributed by atoms with Gasteiger partial charge in [-0.2, -0.15) is 0 Å². The van der Waals surface area contributed by atoms with Gasteiger partial charge in [-0.05, 0) is 121 Å². The summed E-state index contributed by atoms with van der Waals surface area (Å²) in [5, 5.41) is 12.3. The Labute approximate surface area is 350 Å². The van der Waals surface area contributed by atoms with Gasteiger partial charge in [0.05, 0.1) is 11.4 Å². The Kier molecular flexibility index (Phi) is 8.87. The average Bonchev–Trinajstić information content (AvgIpc) is 3.32. The molecule has 2 nitrogen and oxygen atoms in total. The van der Waals surface area contributed by atoms with Crippen molar-refractivity contribution in [1.29, 1.82) is 0 Å². The Hall–Kier alpha value is -7.94. The largest absolute Gasteiger partial charge is 0.310 e. The maximum Gasteiger partial charge on any atom is 0.0546 e. The van der Waals surface area contributed by atoms with Crippen molar-refractivity contribution in [3.63, 3.8) is 0 Å². The molecule has 0 atom stereocenters. The van der Waals surface area contributed by atoms with Gasteiger partial charge in [-0.25, -0.2) is 0 Å². The molecule has 11 aromatic rings. The van der Waals surface area contributed by atoms with E-state index in [2.05, 4.69) is 252 Å². The highest BCUT2D eigenvalue weighted by molar-refractivity contribution is 6.16. The highest BCUT2D eigenvalue weighted by Gasteiger charge is 2.19. The lowest BCUT2D eigenvalue weighted by Crippen LogP contribution is -2.10. The molecule has 0 saturated carbocycles. The number of fused-ring (bicyclic) bond motifs is 7. The molecule has 0 aromatic heterocycles. The minimum Gasteiger partial charge on any atom is -0.310 e. The van der Waals surface area contributed by atoms with Crippen molar-refractivity contribution in [3.8, 4) is 0 Å². The highest BCUT2D eigenvalue weighted by Crippen LogP contribution is 2.44. The van der Waals surface area contributed by atoms with Gasteiger partial charge >= 0.3 is 0 Å². The van der Waals surface area contributed by atoms with Crippen molar-refractivity contribution < 1.29 is 0 Å². The number of nitrogens with zero attached hydrogens (tertiary/aromatic N) is 2. The first kappa shape index (κ1) is 35.2. The number of benzene rings is 11. The fourth-order valence-corrected chi connectivity index (χ4v) is 8.87. The summed E-state index contributed by atoms with van der Waals surface area (Å²) in [5.41, 5.74) is 9.12. The second-order valence-corrected chi connectivity index (χ2v) is 15.4. The summed E-state index contributed by atoms with van der Waals surface area (Å²) in [6.45, 7) is 0. The Morgan fingerprint density at radius 3 is 1.18 bits per heavy atom. The minimum absolute atomic E-state index is 1.11. The van der Waals surface area contributed by atoms with Gasteiger partial charge in [0.25, 0.3) is 0 Å². The van der Waals surface area contributed by atoms with Crippen LogP contribution in [0.4, 0.5) is 34.1 Å². The van der Waals surface area contributed by atoms with Crippen molar-refractivity contribution in [2.75, 3.05) is 9.80 Å². The van der Waals surface area contributed by atoms with Crippen LogP contribution in [-0.2, 0) is 0 Å². The molecule has 0 bridgehead atoms. The van der Waals surface area contributed by atoms with E-state index in [1.165, 1.54) is 53.9 Å². The number of para-hydroxylation sites is 2. The maximum absolute atomic E-state index is 2.40. The molecule has 0 aliphatic rings. The number of anilines is 6. The number of hydrogen-bond donors (Lipinski definition) is 0. The summed E-state index contributed by atoms with van der Waals surface area (Å²) < 4.78 is 0. The zero-order chi connectivity index (χ0) is 39.8. The lowest BCUT2D eigenvalue weighted by molar-refractivity contribution is 1.30. The molecule has 11 aromatic carbocycles. The average molecular weight is 765 g/mol. The second-order valence-electron chi connectivity index (χ2n) is 15.4. The van der Waals surface area contributed by atoms with Gasteiger partial charge < -0.3 is 9.80 Å². The van der Waals surface area contributed by atoms with Crippen LogP contribution in [0.2, 0.25) is 0 Å². The molecule has 11 rings (SSSR count). The molecular formula is C58H40N2. The summed E-state index contributed by atoms with van der Waals surface area (Å²) in [6.07, 6.45) is 4.42. The van der Waals surface area contributed by atoms with Crippen LogP contribution in [-0.4, -0.2) is 0 Å². The Morgan fingerprint density at radius 1 is 0.233 bits per heavy atom. The van der Waals surface area contributed by atoms with Crippen molar-refractivity contribution in [1.82, 2.24) is 0 Å². The Bertz CT molecular complexity index is 3370. The first-order chi connectivity index (χ1) is 29.7. The first-order valence-corrected chi connectivity index (χ1v) is 20.6. The molecule has 0 aliphatic heterocycles. The molecule has 0 radical (unpaired) electrons. The van der Waals surface area contributed by atoms with E-state index in [1.807, 2.05) is 0 Å². The molecule has 60 heavy (non-hydrogen) atoms. The third-order valence-corrected chi connectivity index (χ3v) is 11.7. The summed E-state index contributed by atoms with van der Waals surface area (Å²) >= 11 is 0. The maximum atomic E-state index is 2.40. The van der Waals surface area contributed by atoms with E-state index in [-0.39, 0.29) is 0 Å². The van der Waals surface area contributed by atoms with E-state index in [0.717, 1.165) is 45.3 Å². The number of rotatable bonds is 8. The molecule has 0 heterocycles. The summed E-state index contributed by atoms with van der Waals surface area (Å²) in [4.78, 5) is 4.77. The molecular weight excluding hydrogens is 725 g/mol. The van der Waals surface area contributed by atoms with Gasteiger partial charge in [0, 0.05) is 33.5 Å². The lowest BCUT2D eigenvalue weighted by Gasteiger charge is -2.28. The van der Waals surface area contributed by atoms with Crippen LogP contribution in [0.3, 0.4) is 0 Å². The normalized spacial score (nSPS) is 11.6. The van der Waals surface area contributed by atoms with Gasteiger partial charge in [0.1, 0.15) is 0 Å². The SMILES string of the molecule is C(=Cc1ccc2cc(N(c3ccccc3)c3cc4ccccc4c4ccccc34)ccc2c1)c1ccc(N(c2ccccc2)c2cc3ccccc3c3ccccc23)cc1. The zero-order valence-electron chi connectivity index (χ0n) is 33.0. The predicted octanol–water partition coefficient (Wildman–Crippen LogP) is 16.6. The smallest absolute Gasteiger partial charge is 0.0546 e. The quantitative estimate of drug-likeness (QED) is 0.112. The van der Waals surface area contributed by atoms with Gasteiger partial charge in [-0.1, -0.05) is 176 Å². The van der Waals surface area contributed by atoms with Crippen LogP contribution in [0.5, 0.6) is 0 Å². The van der Waals surface area contributed by atoms with Crippen LogP contribution >= 0.6 is 0 Å². The minimum atomic E-state index is 1.11. The molecule has 0 N–H and O–H groups in total. The Morgan fingerprint density at radius 2 is 0.617 bits per heavy atom. The van der Waals surface area contributed by atoms with E-state index >= 15 is 0 Å². The van der Waals surface area contributed by atoms with E-state index in [0.29, 0.717) is 0 Å². The fraction of sp³-hybridized carbons (Fsp3) is 0. The van der Waals surface area contributed by atoms with Crippen molar-refractivity contribution >= 4 is 100 Å². The van der Waals surface area contributed by atoms with Crippen LogP contribution in [0.25, 0.3) is 66.0 Å². The molecule has 0 saturated heterocycles. The first-order valence-electron chi connectivity index (χ1n) is 20.6. The third-order valence-electron chi connectivity index (χ3n) is 11.7. The molecule has 282 valence electrons. The summed E-state index contributed by atoms with van der Waals surface area (Å²) in [6, 6.07) is 83.3. The zero-order valence-corrected chi connectivity index (χ0v) is 33.0. The molecule has 0 fully saturated rings. The monoisotopic (exact) mass is 764 g/mol. The Balaban J connectivity index is 0.921. The topological polar surface area (TPSA) is 6.48 Å². The summed E-state index contributed by atoms with van der Waals surface area (Å²) in [5.74, 6) is 0. The van der Waals surface area contributed by atoms with E-state index < -0.39 is 0 Å². The van der Waals surface area contributed by atoms with Gasteiger partial charge in [0.15, 0.2) is 0 Å². The molecule has 2 heteroatoms. The van der Waals surface area contributed by atoms with Crippen molar-refractivity contribution in [2.24, 2.45) is 0 Å². The second kappa shape index (κ2) is 15.1.